The van der Waals surface area contributed by atoms with E-state index in [4.69, 9.17) is 5.11 Å². The van der Waals surface area contributed by atoms with E-state index in [9.17, 15) is 14.4 Å². The van der Waals surface area contributed by atoms with Gasteiger partial charge in [0.1, 0.15) is 6.04 Å². The van der Waals surface area contributed by atoms with Crippen LogP contribution in [0, 0.1) is 5.92 Å². The highest BCUT2D eigenvalue weighted by molar-refractivity contribution is 5.88. The smallest absolute Gasteiger partial charge is 0.318 e. The van der Waals surface area contributed by atoms with Crippen molar-refractivity contribution in [3.63, 3.8) is 0 Å². The van der Waals surface area contributed by atoms with Crippen LogP contribution in [0.5, 0.6) is 0 Å². The lowest BCUT2D eigenvalue weighted by Crippen LogP contribution is -2.46. The maximum atomic E-state index is 12.0. The van der Waals surface area contributed by atoms with Crippen molar-refractivity contribution in [2.24, 2.45) is 5.92 Å². The number of rotatable bonds is 3. The molecule has 19 heavy (non-hydrogen) atoms. The normalized spacial score (nSPS) is 26.9. The molecule has 2 N–H and O–H groups in total. The Labute approximate surface area is 111 Å². The van der Waals surface area contributed by atoms with Gasteiger partial charge in [0.05, 0.1) is 0 Å². The monoisotopic (exact) mass is 269 g/mol. The third-order valence-corrected chi connectivity index (χ3v) is 3.76. The van der Waals surface area contributed by atoms with E-state index in [0.717, 1.165) is 0 Å². The Balaban J connectivity index is 1.81. The zero-order valence-corrected chi connectivity index (χ0v) is 11.0. The molecule has 0 aromatic heterocycles. The predicted octanol–water partition coefficient (Wildman–Crippen LogP) is -0.277. The van der Waals surface area contributed by atoms with Crippen molar-refractivity contribution >= 4 is 17.9 Å². The molecule has 3 amide bonds. The topological polar surface area (TPSA) is 90.0 Å². The molecule has 2 saturated heterocycles. The van der Waals surface area contributed by atoms with Crippen LogP contribution in [0.15, 0.2) is 0 Å². The summed E-state index contributed by atoms with van der Waals surface area (Å²) in [6, 6.07) is -0.697. The number of likely N-dealkylation sites (N-methyl/N-ethyl adjacent to an activating group) is 1. The summed E-state index contributed by atoms with van der Waals surface area (Å²) in [7, 11) is 1.72. The van der Waals surface area contributed by atoms with Crippen molar-refractivity contribution < 1.29 is 19.5 Å². The van der Waals surface area contributed by atoms with Gasteiger partial charge in [0.25, 0.3) is 0 Å². The molecule has 2 unspecified atom stereocenters. The lowest BCUT2D eigenvalue weighted by Gasteiger charge is -2.19. The number of aliphatic carboxylic acids is 1. The second-order valence-electron chi connectivity index (χ2n) is 5.25. The highest BCUT2D eigenvalue weighted by Gasteiger charge is 2.33. The molecule has 0 spiro atoms. The first-order valence-electron chi connectivity index (χ1n) is 6.49. The number of nitrogens with one attached hydrogen (secondary N) is 1. The van der Waals surface area contributed by atoms with Gasteiger partial charge >= 0.3 is 12.0 Å². The Bertz CT molecular complexity index is 398. The molecule has 0 saturated carbocycles. The van der Waals surface area contributed by atoms with Gasteiger partial charge < -0.3 is 20.2 Å². The van der Waals surface area contributed by atoms with E-state index in [1.807, 2.05) is 0 Å². The summed E-state index contributed by atoms with van der Waals surface area (Å²) in [4.78, 5) is 37.5. The molecule has 2 heterocycles. The van der Waals surface area contributed by atoms with Gasteiger partial charge in [0.2, 0.25) is 5.91 Å². The Morgan fingerprint density at radius 1 is 1.37 bits per heavy atom. The van der Waals surface area contributed by atoms with E-state index in [0.29, 0.717) is 32.5 Å². The van der Waals surface area contributed by atoms with Crippen molar-refractivity contribution in [2.75, 3.05) is 26.7 Å². The van der Waals surface area contributed by atoms with Crippen LogP contribution >= 0.6 is 0 Å². The van der Waals surface area contributed by atoms with Gasteiger partial charge in [-0.15, -0.1) is 0 Å². The number of carbonyl (C=O) groups is 3. The maximum absolute atomic E-state index is 12.0. The summed E-state index contributed by atoms with van der Waals surface area (Å²) in [6.07, 6.45) is 1.43. The average molecular weight is 269 g/mol. The molecule has 2 aliphatic rings. The molecule has 0 aromatic rings. The Morgan fingerprint density at radius 2 is 2.11 bits per heavy atom. The number of urea groups is 1. The number of nitrogens with zero attached hydrogens (tertiary/aromatic N) is 2. The van der Waals surface area contributed by atoms with Gasteiger partial charge in [0, 0.05) is 33.1 Å². The van der Waals surface area contributed by atoms with Gasteiger partial charge in [-0.05, 0) is 18.8 Å². The molecular weight excluding hydrogens is 250 g/mol. The minimum Gasteiger partial charge on any atom is -0.481 e. The molecule has 2 fully saturated rings. The minimum atomic E-state index is -0.833. The van der Waals surface area contributed by atoms with E-state index < -0.39 is 12.0 Å². The zero-order chi connectivity index (χ0) is 14.0. The van der Waals surface area contributed by atoms with Gasteiger partial charge in [-0.25, -0.2) is 4.79 Å². The number of hydrogen-bond acceptors (Lipinski definition) is 3. The Hall–Kier alpha value is -1.79. The van der Waals surface area contributed by atoms with Crippen molar-refractivity contribution in [3.05, 3.63) is 0 Å². The molecule has 7 nitrogen and oxygen atoms in total. The molecule has 0 bridgehead atoms. The van der Waals surface area contributed by atoms with Gasteiger partial charge in [-0.3, -0.25) is 9.59 Å². The van der Waals surface area contributed by atoms with Crippen LogP contribution in [-0.4, -0.2) is 65.5 Å². The third kappa shape index (κ3) is 3.15. The largest absolute Gasteiger partial charge is 0.481 e. The zero-order valence-electron chi connectivity index (χ0n) is 11.0. The molecule has 0 aliphatic carbocycles. The van der Waals surface area contributed by atoms with Crippen LogP contribution in [0.25, 0.3) is 0 Å². The first-order chi connectivity index (χ1) is 8.97. The standard InChI is InChI=1S/C12H19N3O4/c1-14-4-3-9(11(14)18)13-12(19)15-5-2-8(7-15)6-10(16)17/h8-9H,2-7H2,1H3,(H,13,19)(H,16,17). The van der Waals surface area contributed by atoms with E-state index in [1.54, 1.807) is 16.8 Å². The molecule has 0 aromatic carbocycles. The van der Waals surface area contributed by atoms with Crippen LogP contribution < -0.4 is 5.32 Å². The second kappa shape index (κ2) is 5.46. The van der Waals surface area contributed by atoms with Crippen LogP contribution in [0.4, 0.5) is 4.79 Å². The minimum absolute atomic E-state index is 0.0187. The van der Waals surface area contributed by atoms with Crippen molar-refractivity contribution in [3.8, 4) is 0 Å². The number of hydrogen-bond donors (Lipinski definition) is 2. The van der Waals surface area contributed by atoms with Gasteiger partial charge in [-0.1, -0.05) is 0 Å². The quantitative estimate of drug-likeness (QED) is 0.737. The summed E-state index contributed by atoms with van der Waals surface area (Å²) in [5.41, 5.74) is 0. The van der Waals surface area contributed by atoms with Crippen LogP contribution in [-0.2, 0) is 9.59 Å². The molecular formula is C12H19N3O4. The summed E-state index contributed by atoms with van der Waals surface area (Å²) < 4.78 is 0. The molecule has 2 rings (SSSR count). The molecule has 0 radical (unpaired) electrons. The highest BCUT2D eigenvalue weighted by atomic mass is 16.4. The van der Waals surface area contributed by atoms with Crippen LogP contribution in [0.3, 0.4) is 0 Å². The third-order valence-electron chi connectivity index (χ3n) is 3.76. The van der Waals surface area contributed by atoms with E-state index in [2.05, 4.69) is 5.32 Å². The molecule has 7 heteroatoms. The predicted molar refractivity (Wildman–Crippen MR) is 66.5 cm³/mol. The van der Waals surface area contributed by atoms with Crippen molar-refractivity contribution in [2.45, 2.75) is 25.3 Å². The fourth-order valence-electron chi connectivity index (χ4n) is 2.63. The van der Waals surface area contributed by atoms with Gasteiger partial charge in [0.15, 0.2) is 0 Å². The van der Waals surface area contributed by atoms with Crippen LogP contribution in [0.2, 0.25) is 0 Å². The average Bonchev–Trinajstić information content (AvgIpc) is 2.90. The Kier molecular flexibility index (Phi) is 3.92. The van der Waals surface area contributed by atoms with Crippen molar-refractivity contribution in [1.82, 2.24) is 15.1 Å². The maximum Gasteiger partial charge on any atom is 0.318 e. The number of amides is 3. The fourth-order valence-corrected chi connectivity index (χ4v) is 2.63. The van der Waals surface area contributed by atoms with Crippen molar-refractivity contribution in [1.29, 1.82) is 0 Å². The lowest BCUT2D eigenvalue weighted by atomic mass is 10.1. The van der Waals surface area contributed by atoms with E-state index in [1.165, 1.54) is 0 Å². The summed E-state index contributed by atoms with van der Waals surface area (Å²) in [5.74, 6) is -0.875. The van der Waals surface area contributed by atoms with Crippen LogP contribution in [0.1, 0.15) is 19.3 Å². The number of likely N-dealkylation sites (tertiary alicyclic amines) is 2. The SMILES string of the molecule is CN1CCC(NC(=O)N2CCC(CC(=O)O)C2)C1=O. The molecule has 2 aliphatic heterocycles. The van der Waals surface area contributed by atoms with Gasteiger partial charge in [-0.2, -0.15) is 0 Å². The lowest BCUT2D eigenvalue weighted by molar-refractivity contribution is -0.138. The number of carboxylic acids is 1. The molecule has 106 valence electrons. The number of carbonyl (C=O) groups excluding carboxylic acids is 2. The van der Waals surface area contributed by atoms with E-state index in [-0.39, 0.29) is 24.3 Å². The number of carboxylic acid groups (broad SMARTS) is 1. The van der Waals surface area contributed by atoms with E-state index >= 15 is 0 Å². The summed E-state index contributed by atoms with van der Waals surface area (Å²) in [6.45, 7) is 1.67. The fraction of sp³-hybridized carbons (Fsp3) is 0.750. The summed E-state index contributed by atoms with van der Waals surface area (Å²) in [5, 5.41) is 11.4. The first kappa shape index (κ1) is 13.6. The second-order valence-corrected chi connectivity index (χ2v) is 5.25. The first-order valence-corrected chi connectivity index (χ1v) is 6.49. The molecule has 2 atom stereocenters. The summed E-state index contributed by atoms with van der Waals surface area (Å²) >= 11 is 0. The Morgan fingerprint density at radius 3 is 2.68 bits per heavy atom. The highest BCUT2D eigenvalue weighted by Crippen LogP contribution is 2.20.